The number of thiophene rings is 1. The van der Waals surface area contributed by atoms with Gasteiger partial charge in [0, 0.05) is 47.8 Å². The first kappa shape index (κ1) is 20.4. The Hall–Kier alpha value is -2.91. The maximum atomic E-state index is 12.8. The largest absolute Gasteiger partial charge is 0.423 e. The Morgan fingerprint density at radius 2 is 2.03 bits per heavy atom. The van der Waals surface area contributed by atoms with Gasteiger partial charge in [0.25, 0.3) is 5.56 Å². The number of aryl methyl sites for hydroxylation is 2. The van der Waals surface area contributed by atoms with E-state index in [1.54, 1.807) is 29.8 Å². The Kier molecular flexibility index (Phi) is 5.25. The number of nitrogens with zero attached hydrogens (tertiary/aromatic N) is 2. The van der Waals surface area contributed by atoms with Gasteiger partial charge in [0.15, 0.2) is 5.16 Å². The van der Waals surface area contributed by atoms with Gasteiger partial charge in [0.1, 0.15) is 10.4 Å². The van der Waals surface area contributed by atoms with Crippen LogP contribution in [0.1, 0.15) is 22.9 Å². The van der Waals surface area contributed by atoms with Crippen LogP contribution in [0.3, 0.4) is 0 Å². The van der Waals surface area contributed by atoms with Gasteiger partial charge >= 0.3 is 5.63 Å². The van der Waals surface area contributed by atoms with Gasteiger partial charge in [-0.15, -0.1) is 11.3 Å². The number of carbonyl (C=O) groups is 1. The summed E-state index contributed by atoms with van der Waals surface area (Å²) in [7, 11) is 1.71. The fraction of sp³-hybridized carbons (Fsp3) is 0.238. The highest BCUT2D eigenvalue weighted by atomic mass is 32.2. The predicted octanol–water partition coefficient (Wildman–Crippen LogP) is 3.97. The number of hydrogen-bond acceptors (Lipinski definition) is 7. The van der Waals surface area contributed by atoms with Crippen molar-refractivity contribution >= 4 is 55.9 Å². The number of hydrogen-bond donors (Lipinski definition) is 1. The summed E-state index contributed by atoms with van der Waals surface area (Å²) in [6, 6.07) is 6.64. The molecule has 0 aliphatic carbocycles. The predicted molar refractivity (Wildman–Crippen MR) is 121 cm³/mol. The molecule has 0 radical (unpaired) electrons. The summed E-state index contributed by atoms with van der Waals surface area (Å²) >= 11 is 2.90. The topological polar surface area (TPSA) is 94.2 Å². The van der Waals surface area contributed by atoms with E-state index in [2.05, 4.69) is 10.3 Å². The van der Waals surface area contributed by atoms with Gasteiger partial charge in [-0.25, -0.2) is 9.78 Å². The van der Waals surface area contributed by atoms with E-state index in [4.69, 9.17) is 4.42 Å². The highest BCUT2D eigenvalue weighted by molar-refractivity contribution is 7.98. The number of nitrogens with one attached hydrogen (secondary N) is 1. The SMILES string of the molecule is CC(=O)Nc1ccc2c(CSc3nc4sc(C)c(C)c4c(=O)n3C)cc(=O)oc2c1. The Labute approximate surface area is 179 Å². The lowest BCUT2D eigenvalue weighted by Gasteiger charge is -2.09. The molecule has 154 valence electrons. The lowest BCUT2D eigenvalue weighted by atomic mass is 10.1. The number of anilines is 1. The molecule has 1 N–H and O–H groups in total. The van der Waals surface area contributed by atoms with Crippen LogP contribution in [0.15, 0.2) is 43.4 Å². The van der Waals surface area contributed by atoms with E-state index in [9.17, 15) is 14.4 Å². The van der Waals surface area contributed by atoms with Crippen LogP contribution in [-0.2, 0) is 17.6 Å². The molecule has 0 spiro atoms. The Morgan fingerprint density at radius 3 is 2.77 bits per heavy atom. The molecule has 7 nitrogen and oxygen atoms in total. The van der Waals surface area contributed by atoms with Crippen LogP contribution < -0.4 is 16.5 Å². The normalized spacial score (nSPS) is 11.3. The molecule has 0 aliphatic rings. The van der Waals surface area contributed by atoms with Crippen LogP contribution in [0.4, 0.5) is 5.69 Å². The van der Waals surface area contributed by atoms with E-state index in [1.807, 2.05) is 13.8 Å². The molecule has 0 atom stereocenters. The summed E-state index contributed by atoms with van der Waals surface area (Å²) in [5.41, 5.74) is 2.16. The van der Waals surface area contributed by atoms with Gasteiger partial charge in [0.05, 0.1) is 5.39 Å². The minimum atomic E-state index is -0.472. The number of aromatic nitrogens is 2. The fourth-order valence-electron chi connectivity index (χ4n) is 3.26. The summed E-state index contributed by atoms with van der Waals surface area (Å²) in [5.74, 6) is 0.237. The number of carbonyl (C=O) groups excluding carboxylic acids is 1. The van der Waals surface area contributed by atoms with Crippen LogP contribution in [0, 0.1) is 13.8 Å². The second kappa shape index (κ2) is 7.73. The van der Waals surface area contributed by atoms with Crippen molar-refractivity contribution in [3.8, 4) is 0 Å². The minimum Gasteiger partial charge on any atom is -0.423 e. The first-order valence-electron chi connectivity index (χ1n) is 9.18. The molecule has 1 amide bonds. The molecule has 0 unspecified atom stereocenters. The van der Waals surface area contributed by atoms with E-state index in [0.717, 1.165) is 26.2 Å². The first-order valence-corrected chi connectivity index (χ1v) is 11.0. The number of amides is 1. The van der Waals surface area contributed by atoms with Crippen molar-refractivity contribution in [2.24, 2.45) is 7.05 Å². The van der Waals surface area contributed by atoms with Crippen molar-refractivity contribution in [2.45, 2.75) is 31.7 Å². The molecular formula is C21H19N3O4S2. The first-order chi connectivity index (χ1) is 14.2. The molecule has 0 bridgehead atoms. The Balaban J connectivity index is 1.71. The zero-order valence-electron chi connectivity index (χ0n) is 16.9. The third-order valence-corrected chi connectivity index (χ3v) is 7.06. The van der Waals surface area contributed by atoms with E-state index < -0.39 is 5.63 Å². The van der Waals surface area contributed by atoms with Crippen LogP contribution in [-0.4, -0.2) is 15.5 Å². The number of benzene rings is 1. The smallest absolute Gasteiger partial charge is 0.336 e. The highest BCUT2D eigenvalue weighted by Crippen LogP contribution is 2.30. The van der Waals surface area contributed by atoms with Crippen molar-refractivity contribution in [1.82, 2.24) is 9.55 Å². The summed E-state index contributed by atoms with van der Waals surface area (Å²) in [4.78, 5) is 42.6. The van der Waals surface area contributed by atoms with E-state index in [0.29, 0.717) is 27.6 Å². The monoisotopic (exact) mass is 441 g/mol. The lowest BCUT2D eigenvalue weighted by molar-refractivity contribution is -0.114. The van der Waals surface area contributed by atoms with Crippen molar-refractivity contribution in [2.75, 3.05) is 5.32 Å². The van der Waals surface area contributed by atoms with Gasteiger partial charge in [-0.2, -0.15) is 0 Å². The standard InChI is InChI=1S/C21H19N3O4S2/c1-10-11(2)30-19-18(10)20(27)24(4)21(23-19)29-9-13-7-17(26)28-16-8-14(22-12(3)25)5-6-15(13)16/h5-8H,9H2,1-4H3,(H,22,25). The number of fused-ring (bicyclic) bond motifs is 2. The summed E-state index contributed by atoms with van der Waals surface area (Å²) in [6.07, 6.45) is 0. The average molecular weight is 442 g/mol. The molecule has 4 rings (SSSR count). The molecule has 4 aromatic rings. The van der Waals surface area contributed by atoms with Gasteiger partial charge in [-0.1, -0.05) is 11.8 Å². The van der Waals surface area contributed by atoms with Crippen LogP contribution >= 0.6 is 23.1 Å². The van der Waals surface area contributed by atoms with E-state index in [1.165, 1.54) is 36.1 Å². The van der Waals surface area contributed by atoms with Crippen molar-refractivity contribution in [3.63, 3.8) is 0 Å². The van der Waals surface area contributed by atoms with Crippen molar-refractivity contribution < 1.29 is 9.21 Å². The molecule has 30 heavy (non-hydrogen) atoms. The number of thioether (sulfide) groups is 1. The quantitative estimate of drug-likeness (QED) is 0.293. The number of rotatable bonds is 4. The minimum absolute atomic E-state index is 0.0678. The van der Waals surface area contributed by atoms with Gasteiger partial charge in [-0.05, 0) is 37.1 Å². The maximum Gasteiger partial charge on any atom is 0.336 e. The third-order valence-electron chi connectivity index (χ3n) is 4.88. The third kappa shape index (κ3) is 3.66. The highest BCUT2D eigenvalue weighted by Gasteiger charge is 2.16. The summed E-state index contributed by atoms with van der Waals surface area (Å²) in [6.45, 7) is 5.34. The molecule has 1 aromatic carbocycles. The van der Waals surface area contributed by atoms with Crippen LogP contribution in [0.5, 0.6) is 0 Å². The van der Waals surface area contributed by atoms with Crippen LogP contribution in [0.25, 0.3) is 21.2 Å². The molecule has 0 saturated heterocycles. The van der Waals surface area contributed by atoms with E-state index >= 15 is 0 Å². The Morgan fingerprint density at radius 1 is 1.27 bits per heavy atom. The van der Waals surface area contributed by atoms with Crippen molar-refractivity contribution in [3.05, 3.63) is 61.0 Å². The van der Waals surface area contributed by atoms with E-state index in [-0.39, 0.29) is 11.5 Å². The maximum absolute atomic E-state index is 12.8. The second-order valence-corrected chi connectivity index (χ2v) is 9.14. The molecule has 0 fully saturated rings. The molecule has 0 aliphatic heterocycles. The zero-order chi connectivity index (χ0) is 21.6. The lowest BCUT2D eigenvalue weighted by Crippen LogP contribution is -2.19. The van der Waals surface area contributed by atoms with Crippen LogP contribution in [0.2, 0.25) is 0 Å². The molecule has 3 heterocycles. The molecule has 0 saturated carbocycles. The van der Waals surface area contributed by atoms with Gasteiger partial charge in [0.2, 0.25) is 5.91 Å². The Bertz CT molecular complexity index is 1430. The van der Waals surface area contributed by atoms with Crippen molar-refractivity contribution in [1.29, 1.82) is 0 Å². The second-order valence-electron chi connectivity index (χ2n) is 6.99. The summed E-state index contributed by atoms with van der Waals surface area (Å²) < 4.78 is 6.86. The van der Waals surface area contributed by atoms with Gasteiger partial charge in [-0.3, -0.25) is 14.2 Å². The molecular weight excluding hydrogens is 422 g/mol. The molecule has 9 heteroatoms. The average Bonchev–Trinajstić information content (AvgIpc) is 2.96. The summed E-state index contributed by atoms with van der Waals surface area (Å²) in [5, 5.41) is 4.70. The fourth-order valence-corrected chi connectivity index (χ4v) is 5.29. The zero-order valence-corrected chi connectivity index (χ0v) is 18.5. The van der Waals surface area contributed by atoms with Gasteiger partial charge < -0.3 is 9.73 Å². The molecule has 3 aromatic heterocycles.